The molecule has 0 fully saturated rings. The minimum Gasteiger partial charge on any atom is -0.484 e. The van der Waals surface area contributed by atoms with Crippen LogP contribution in [0.4, 0.5) is 0 Å². The Morgan fingerprint density at radius 2 is 1.82 bits per heavy atom. The van der Waals surface area contributed by atoms with Crippen LogP contribution in [0.15, 0.2) is 76.4 Å². The summed E-state index contributed by atoms with van der Waals surface area (Å²) in [4.78, 5) is 22.8. The Balaban J connectivity index is 1.57. The Morgan fingerprint density at radius 3 is 2.50 bits per heavy atom. The maximum atomic E-state index is 11.8. The maximum Gasteiger partial charge on any atom is 0.335 e. The highest BCUT2D eigenvalue weighted by molar-refractivity contribution is 9.10. The van der Waals surface area contributed by atoms with Crippen LogP contribution in [0.25, 0.3) is 5.69 Å². The zero-order chi connectivity index (χ0) is 19.9. The lowest BCUT2D eigenvalue weighted by Crippen LogP contribution is -2.24. The lowest BCUT2D eigenvalue weighted by Gasteiger charge is -2.07. The van der Waals surface area contributed by atoms with Gasteiger partial charge in [0.05, 0.1) is 17.5 Å². The van der Waals surface area contributed by atoms with Crippen LogP contribution in [-0.2, 0) is 4.79 Å². The first-order valence-electron chi connectivity index (χ1n) is 8.24. The number of carboxylic acid groups (broad SMARTS) is 1. The Bertz CT molecular complexity index is 995. The van der Waals surface area contributed by atoms with E-state index >= 15 is 0 Å². The molecule has 0 spiro atoms. The van der Waals surface area contributed by atoms with Gasteiger partial charge in [0.15, 0.2) is 6.61 Å². The standard InChI is InChI=1S/C20H16BrN3O4/c21-15-5-9-18(10-6-15)28-13-19(25)23-22-12-17-2-1-11-24(17)16-7-3-14(4-8-16)20(26)27/h1-12H,13H2,(H,23,25)(H,26,27)/b22-12-. The first-order chi connectivity index (χ1) is 13.5. The fraction of sp³-hybridized carbons (Fsp3) is 0.0500. The Kier molecular flexibility index (Phi) is 6.23. The van der Waals surface area contributed by atoms with E-state index in [9.17, 15) is 9.59 Å². The van der Waals surface area contributed by atoms with Crippen LogP contribution < -0.4 is 10.2 Å². The molecule has 0 unspecified atom stereocenters. The Morgan fingerprint density at radius 1 is 1.11 bits per heavy atom. The van der Waals surface area contributed by atoms with Gasteiger partial charge in [0.25, 0.3) is 5.91 Å². The minimum absolute atomic E-state index is 0.156. The van der Waals surface area contributed by atoms with Gasteiger partial charge in [-0.3, -0.25) is 4.79 Å². The highest BCUT2D eigenvalue weighted by atomic mass is 79.9. The predicted molar refractivity (Wildman–Crippen MR) is 108 cm³/mol. The Hall–Kier alpha value is -3.39. The number of carbonyl (C=O) groups excluding carboxylic acids is 1. The summed E-state index contributed by atoms with van der Waals surface area (Å²) >= 11 is 3.33. The summed E-state index contributed by atoms with van der Waals surface area (Å²) in [5, 5.41) is 12.9. The second-order valence-electron chi connectivity index (χ2n) is 5.69. The number of aromatic carboxylic acids is 1. The van der Waals surface area contributed by atoms with E-state index in [0.29, 0.717) is 5.75 Å². The third kappa shape index (κ3) is 5.08. The van der Waals surface area contributed by atoms with E-state index in [0.717, 1.165) is 15.9 Å². The van der Waals surface area contributed by atoms with Crippen molar-refractivity contribution in [2.24, 2.45) is 5.10 Å². The van der Waals surface area contributed by atoms with Gasteiger partial charge in [-0.15, -0.1) is 0 Å². The van der Waals surface area contributed by atoms with Crippen LogP contribution in [0.5, 0.6) is 5.75 Å². The van der Waals surface area contributed by atoms with Crippen molar-refractivity contribution in [2.75, 3.05) is 6.61 Å². The summed E-state index contributed by atoms with van der Waals surface area (Å²) in [7, 11) is 0. The number of halogens is 1. The van der Waals surface area contributed by atoms with Gasteiger partial charge >= 0.3 is 5.97 Å². The predicted octanol–water partition coefficient (Wildman–Crippen LogP) is 3.47. The number of hydrogen-bond donors (Lipinski definition) is 2. The van der Waals surface area contributed by atoms with Gasteiger partial charge in [0.2, 0.25) is 0 Å². The van der Waals surface area contributed by atoms with Crippen LogP contribution in [0, 0.1) is 0 Å². The average Bonchev–Trinajstić information content (AvgIpc) is 3.16. The van der Waals surface area contributed by atoms with Gasteiger partial charge in [-0.1, -0.05) is 15.9 Å². The van der Waals surface area contributed by atoms with Crippen molar-refractivity contribution in [2.45, 2.75) is 0 Å². The molecule has 0 radical (unpaired) electrons. The van der Waals surface area contributed by atoms with Crippen molar-refractivity contribution >= 4 is 34.0 Å². The quantitative estimate of drug-likeness (QED) is 0.433. The monoisotopic (exact) mass is 441 g/mol. The zero-order valence-corrected chi connectivity index (χ0v) is 16.2. The van der Waals surface area contributed by atoms with Gasteiger partial charge in [-0.2, -0.15) is 5.10 Å². The molecule has 0 atom stereocenters. The van der Waals surface area contributed by atoms with Crippen LogP contribution in [-0.4, -0.2) is 34.4 Å². The molecule has 3 rings (SSSR count). The molecule has 2 N–H and O–H groups in total. The third-order valence-corrected chi connectivity index (χ3v) is 4.27. The number of benzene rings is 2. The summed E-state index contributed by atoms with van der Waals surface area (Å²) in [6.07, 6.45) is 3.32. The molecule has 28 heavy (non-hydrogen) atoms. The van der Waals surface area contributed by atoms with Crippen molar-refractivity contribution in [3.8, 4) is 11.4 Å². The summed E-state index contributed by atoms with van der Waals surface area (Å²) in [6.45, 7) is -0.156. The number of nitrogens with one attached hydrogen (secondary N) is 1. The van der Waals surface area contributed by atoms with Gasteiger partial charge in [0.1, 0.15) is 5.75 Å². The van der Waals surface area contributed by atoms with E-state index in [1.807, 2.05) is 35.0 Å². The maximum absolute atomic E-state index is 11.8. The largest absolute Gasteiger partial charge is 0.484 e. The Labute approximate surface area is 169 Å². The van der Waals surface area contributed by atoms with E-state index in [1.165, 1.54) is 18.3 Å². The van der Waals surface area contributed by atoms with Gasteiger partial charge in [0, 0.05) is 16.4 Å². The number of nitrogens with zero attached hydrogens (tertiary/aromatic N) is 2. The van der Waals surface area contributed by atoms with Crippen molar-refractivity contribution in [3.63, 3.8) is 0 Å². The second kappa shape index (κ2) is 9.01. The van der Waals surface area contributed by atoms with Crippen molar-refractivity contribution in [1.82, 2.24) is 9.99 Å². The summed E-state index contributed by atoms with van der Waals surface area (Å²) in [6, 6.07) is 17.2. The normalized spacial score (nSPS) is 10.8. The van der Waals surface area contributed by atoms with Crippen molar-refractivity contribution in [3.05, 3.63) is 82.6 Å². The van der Waals surface area contributed by atoms with Crippen LogP contribution >= 0.6 is 15.9 Å². The molecule has 7 nitrogen and oxygen atoms in total. The topological polar surface area (TPSA) is 92.9 Å². The molecule has 0 aliphatic heterocycles. The van der Waals surface area contributed by atoms with E-state index in [-0.39, 0.29) is 18.1 Å². The van der Waals surface area contributed by atoms with E-state index in [2.05, 4.69) is 26.5 Å². The first-order valence-corrected chi connectivity index (χ1v) is 9.03. The van der Waals surface area contributed by atoms with Crippen LogP contribution in [0.1, 0.15) is 16.1 Å². The number of ether oxygens (including phenoxy) is 1. The first kappa shape index (κ1) is 19.4. The zero-order valence-electron chi connectivity index (χ0n) is 14.6. The fourth-order valence-corrected chi connectivity index (χ4v) is 2.65. The van der Waals surface area contributed by atoms with Gasteiger partial charge in [-0.25, -0.2) is 10.2 Å². The number of aromatic nitrogens is 1. The molecule has 1 heterocycles. The summed E-state index contributed by atoms with van der Waals surface area (Å²) in [5.74, 6) is -0.780. The van der Waals surface area contributed by atoms with Gasteiger partial charge < -0.3 is 14.4 Å². The smallest absolute Gasteiger partial charge is 0.335 e. The highest BCUT2D eigenvalue weighted by Crippen LogP contribution is 2.16. The molecular formula is C20H16BrN3O4. The molecule has 0 aliphatic rings. The van der Waals surface area contributed by atoms with E-state index in [1.54, 1.807) is 24.3 Å². The molecule has 142 valence electrons. The van der Waals surface area contributed by atoms with Crippen molar-refractivity contribution in [1.29, 1.82) is 0 Å². The molecule has 0 aliphatic carbocycles. The number of rotatable bonds is 7. The molecule has 0 saturated carbocycles. The number of carboxylic acids is 1. The van der Waals surface area contributed by atoms with E-state index < -0.39 is 5.97 Å². The van der Waals surface area contributed by atoms with Gasteiger partial charge in [-0.05, 0) is 60.7 Å². The highest BCUT2D eigenvalue weighted by Gasteiger charge is 2.05. The molecule has 1 aromatic heterocycles. The lowest BCUT2D eigenvalue weighted by atomic mass is 10.2. The number of amides is 1. The lowest BCUT2D eigenvalue weighted by molar-refractivity contribution is -0.123. The third-order valence-electron chi connectivity index (χ3n) is 3.74. The van der Waals surface area contributed by atoms with Crippen LogP contribution in [0.2, 0.25) is 0 Å². The molecule has 0 saturated heterocycles. The van der Waals surface area contributed by atoms with E-state index in [4.69, 9.17) is 9.84 Å². The molecule has 2 aromatic carbocycles. The summed E-state index contributed by atoms with van der Waals surface area (Å²) < 4.78 is 8.12. The molecular weight excluding hydrogens is 426 g/mol. The minimum atomic E-state index is -0.978. The average molecular weight is 442 g/mol. The van der Waals surface area contributed by atoms with Crippen LogP contribution in [0.3, 0.4) is 0 Å². The second-order valence-corrected chi connectivity index (χ2v) is 6.61. The molecule has 8 heteroatoms. The number of hydrazone groups is 1. The van der Waals surface area contributed by atoms with Crippen molar-refractivity contribution < 1.29 is 19.4 Å². The number of carbonyl (C=O) groups is 2. The number of hydrogen-bond acceptors (Lipinski definition) is 4. The molecule has 1 amide bonds. The SMILES string of the molecule is O=C(COc1ccc(Br)cc1)N/N=C\c1cccn1-c1ccc(C(=O)O)cc1. The summed E-state index contributed by atoms with van der Waals surface area (Å²) in [5.41, 5.74) is 4.12. The molecule has 3 aromatic rings. The fourth-order valence-electron chi connectivity index (χ4n) is 2.38. The molecule has 0 bridgehead atoms.